The number of anilines is 2. The van der Waals surface area contributed by atoms with Gasteiger partial charge in [-0.15, -0.1) is 0 Å². The summed E-state index contributed by atoms with van der Waals surface area (Å²) in [5.74, 6) is 1.76. The summed E-state index contributed by atoms with van der Waals surface area (Å²) in [4.78, 5) is 6.54. The van der Waals surface area contributed by atoms with Crippen LogP contribution < -0.4 is 15.4 Å². The largest absolute Gasteiger partial charge is 0.476 e. The second-order valence-electron chi connectivity index (χ2n) is 5.65. The fourth-order valence-electron chi connectivity index (χ4n) is 1.92. The topological polar surface area (TPSA) is 69.2 Å². The van der Waals surface area contributed by atoms with Crippen LogP contribution in [-0.4, -0.2) is 28.4 Å². The summed E-state index contributed by atoms with van der Waals surface area (Å²) in [6.07, 6.45) is 3.84. The van der Waals surface area contributed by atoms with Gasteiger partial charge in [0.25, 0.3) is 0 Å². The summed E-state index contributed by atoms with van der Waals surface area (Å²) in [7, 11) is 3.89. The zero-order valence-corrected chi connectivity index (χ0v) is 13.1. The highest BCUT2D eigenvalue weighted by Gasteiger charge is 2.10. The molecule has 0 aromatic carbocycles. The Morgan fingerprint density at radius 1 is 1.38 bits per heavy atom. The minimum atomic E-state index is 0.433. The van der Waals surface area contributed by atoms with Crippen LogP contribution in [0.4, 0.5) is 11.5 Å². The number of nitrogens with two attached hydrogens (primary N) is 1. The highest BCUT2D eigenvalue weighted by molar-refractivity contribution is 5.54. The Morgan fingerprint density at radius 2 is 2.14 bits per heavy atom. The van der Waals surface area contributed by atoms with Gasteiger partial charge in [0, 0.05) is 32.4 Å². The first-order chi connectivity index (χ1) is 9.95. The maximum Gasteiger partial charge on any atom is 0.239 e. The van der Waals surface area contributed by atoms with Crippen LogP contribution in [0.1, 0.15) is 19.4 Å². The van der Waals surface area contributed by atoms with Gasteiger partial charge in [0.15, 0.2) is 0 Å². The van der Waals surface area contributed by atoms with E-state index in [1.807, 2.05) is 43.5 Å². The van der Waals surface area contributed by atoms with E-state index in [1.165, 1.54) is 0 Å². The summed E-state index contributed by atoms with van der Waals surface area (Å²) >= 11 is 0. The van der Waals surface area contributed by atoms with Crippen LogP contribution >= 0.6 is 0 Å². The number of aryl methyl sites for hydroxylation is 1. The molecule has 0 spiro atoms. The smallest absolute Gasteiger partial charge is 0.239 e. The molecule has 2 rings (SSSR count). The molecule has 0 unspecified atom stereocenters. The Balaban J connectivity index is 2.09. The van der Waals surface area contributed by atoms with E-state index in [1.54, 1.807) is 4.68 Å². The van der Waals surface area contributed by atoms with Gasteiger partial charge in [-0.2, -0.15) is 10.1 Å². The molecule has 0 aliphatic carbocycles. The van der Waals surface area contributed by atoms with Gasteiger partial charge >= 0.3 is 0 Å². The highest BCUT2D eigenvalue weighted by Crippen LogP contribution is 2.23. The van der Waals surface area contributed by atoms with Crippen molar-refractivity contribution in [3.05, 3.63) is 30.1 Å². The number of rotatable bonds is 6. The molecule has 0 aliphatic rings. The van der Waals surface area contributed by atoms with E-state index in [-0.39, 0.29) is 0 Å². The predicted molar refractivity (Wildman–Crippen MR) is 84.3 cm³/mol. The fraction of sp³-hybridized carbons (Fsp3) is 0.467. The first-order valence-corrected chi connectivity index (χ1v) is 7.03. The van der Waals surface area contributed by atoms with Gasteiger partial charge in [-0.25, -0.2) is 0 Å². The monoisotopic (exact) mass is 289 g/mol. The Hall–Kier alpha value is -2.24. The maximum atomic E-state index is 5.91. The van der Waals surface area contributed by atoms with Crippen molar-refractivity contribution in [3.8, 4) is 5.88 Å². The van der Waals surface area contributed by atoms with E-state index in [9.17, 15) is 0 Å². The lowest BCUT2D eigenvalue weighted by molar-refractivity contribution is 0.263. The number of hydrogen-bond acceptors (Lipinski definition) is 5. The van der Waals surface area contributed by atoms with Gasteiger partial charge in [-0.1, -0.05) is 13.8 Å². The molecule has 6 nitrogen and oxygen atoms in total. The van der Waals surface area contributed by atoms with E-state index >= 15 is 0 Å². The molecule has 0 radical (unpaired) electrons. The minimum Gasteiger partial charge on any atom is -0.476 e. The quantitative estimate of drug-likeness (QED) is 0.881. The second-order valence-corrected chi connectivity index (χ2v) is 5.65. The van der Waals surface area contributed by atoms with Crippen molar-refractivity contribution in [1.82, 2.24) is 14.8 Å². The molecule has 6 heteroatoms. The molecule has 0 aliphatic heterocycles. The first-order valence-electron chi connectivity index (χ1n) is 7.03. The standard InChI is InChI=1S/C15H23N5O/c1-11(2)10-21-15-13(16)5-6-14(18-15)19(3)8-12-7-17-20(4)9-12/h5-7,9,11H,8,10,16H2,1-4H3. The summed E-state index contributed by atoms with van der Waals surface area (Å²) < 4.78 is 7.45. The summed E-state index contributed by atoms with van der Waals surface area (Å²) in [6, 6.07) is 3.73. The normalized spacial score (nSPS) is 10.9. The fourth-order valence-corrected chi connectivity index (χ4v) is 1.92. The molecular formula is C15H23N5O. The molecule has 2 heterocycles. The molecule has 2 aromatic rings. The first kappa shape index (κ1) is 15.2. The van der Waals surface area contributed by atoms with E-state index in [0.29, 0.717) is 24.1 Å². The zero-order chi connectivity index (χ0) is 15.4. The molecule has 0 fully saturated rings. The third kappa shape index (κ3) is 4.11. The third-order valence-electron chi connectivity index (χ3n) is 3.00. The van der Waals surface area contributed by atoms with E-state index in [0.717, 1.165) is 17.9 Å². The molecule has 21 heavy (non-hydrogen) atoms. The number of nitrogen functional groups attached to an aromatic ring is 1. The molecule has 0 amide bonds. The van der Waals surface area contributed by atoms with Crippen LogP contribution in [0, 0.1) is 5.92 Å². The number of ether oxygens (including phenoxy) is 1. The van der Waals surface area contributed by atoms with Crippen LogP contribution in [0.5, 0.6) is 5.88 Å². The number of aromatic nitrogens is 3. The summed E-state index contributed by atoms with van der Waals surface area (Å²) in [6.45, 7) is 5.52. The van der Waals surface area contributed by atoms with Gasteiger partial charge in [-0.05, 0) is 18.1 Å². The minimum absolute atomic E-state index is 0.433. The van der Waals surface area contributed by atoms with Crippen LogP contribution in [0.25, 0.3) is 0 Å². The van der Waals surface area contributed by atoms with Crippen molar-refractivity contribution >= 4 is 11.5 Å². The van der Waals surface area contributed by atoms with Crippen LogP contribution in [0.2, 0.25) is 0 Å². The average molecular weight is 289 g/mol. The molecule has 114 valence electrons. The van der Waals surface area contributed by atoms with Crippen molar-refractivity contribution in [2.75, 3.05) is 24.3 Å². The van der Waals surface area contributed by atoms with Crippen molar-refractivity contribution in [2.45, 2.75) is 20.4 Å². The van der Waals surface area contributed by atoms with Crippen molar-refractivity contribution in [1.29, 1.82) is 0 Å². The molecule has 2 aromatic heterocycles. The Morgan fingerprint density at radius 3 is 2.76 bits per heavy atom. The third-order valence-corrected chi connectivity index (χ3v) is 3.00. The number of hydrogen-bond donors (Lipinski definition) is 1. The molecular weight excluding hydrogens is 266 g/mol. The molecule has 0 bridgehead atoms. The van der Waals surface area contributed by atoms with E-state index in [2.05, 4.69) is 23.9 Å². The SMILES string of the molecule is CC(C)COc1nc(N(C)Cc2cnn(C)c2)ccc1N. The van der Waals surface area contributed by atoms with E-state index < -0.39 is 0 Å². The Bertz CT molecular complexity index is 593. The molecule has 0 saturated carbocycles. The lowest BCUT2D eigenvalue weighted by Gasteiger charge is -2.19. The van der Waals surface area contributed by atoms with E-state index in [4.69, 9.17) is 10.5 Å². The zero-order valence-electron chi connectivity index (χ0n) is 13.1. The van der Waals surface area contributed by atoms with Crippen LogP contribution in [0.15, 0.2) is 24.5 Å². The Kier molecular flexibility index (Phi) is 4.67. The number of pyridine rings is 1. The molecule has 2 N–H and O–H groups in total. The van der Waals surface area contributed by atoms with Crippen molar-refractivity contribution in [2.24, 2.45) is 13.0 Å². The second kappa shape index (κ2) is 6.47. The number of nitrogens with zero attached hydrogens (tertiary/aromatic N) is 4. The lowest BCUT2D eigenvalue weighted by atomic mass is 10.2. The predicted octanol–water partition coefficient (Wildman–Crippen LogP) is 2.07. The molecule has 0 atom stereocenters. The lowest BCUT2D eigenvalue weighted by Crippen LogP contribution is -2.18. The van der Waals surface area contributed by atoms with Gasteiger partial charge in [-0.3, -0.25) is 4.68 Å². The Labute approximate surface area is 125 Å². The van der Waals surface area contributed by atoms with Gasteiger partial charge in [0.2, 0.25) is 5.88 Å². The van der Waals surface area contributed by atoms with Gasteiger partial charge in [0.1, 0.15) is 5.82 Å². The summed E-state index contributed by atoms with van der Waals surface area (Å²) in [5, 5.41) is 4.17. The van der Waals surface area contributed by atoms with Gasteiger partial charge < -0.3 is 15.4 Å². The summed E-state index contributed by atoms with van der Waals surface area (Å²) in [5.41, 5.74) is 7.60. The van der Waals surface area contributed by atoms with Crippen molar-refractivity contribution < 1.29 is 4.74 Å². The maximum absolute atomic E-state index is 5.91. The average Bonchev–Trinajstić information content (AvgIpc) is 2.83. The highest BCUT2D eigenvalue weighted by atomic mass is 16.5. The van der Waals surface area contributed by atoms with Crippen LogP contribution in [0.3, 0.4) is 0 Å². The van der Waals surface area contributed by atoms with Crippen molar-refractivity contribution in [3.63, 3.8) is 0 Å². The van der Waals surface area contributed by atoms with Crippen LogP contribution in [-0.2, 0) is 13.6 Å². The molecule has 0 saturated heterocycles. The van der Waals surface area contributed by atoms with Gasteiger partial charge in [0.05, 0.1) is 18.5 Å².